The predicted molar refractivity (Wildman–Crippen MR) is 111 cm³/mol. The van der Waals surface area contributed by atoms with Gasteiger partial charge >= 0.3 is 5.69 Å². The van der Waals surface area contributed by atoms with Gasteiger partial charge in [0.2, 0.25) is 5.82 Å². The molecular formula is C20H10BrClFN3O3. The summed E-state index contributed by atoms with van der Waals surface area (Å²) in [5, 5.41) is 12.1. The smallest absolute Gasteiger partial charge is 0.305 e. The van der Waals surface area contributed by atoms with Crippen LogP contribution in [0.25, 0.3) is 22.2 Å². The fourth-order valence-electron chi connectivity index (χ4n) is 3.02. The SMILES string of the molecule is O=C(c1c(Br)ccc([N+](=O)[O-])c1F)c1c[nH]c2ncc(-c3ccc(Cl)cc3)cc12. The van der Waals surface area contributed by atoms with Gasteiger partial charge in [-0.25, -0.2) is 4.98 Å². The van der Waals surface area contributed by atoms with E-state index in [4.69, 9.17) is 11.6 Å². The number of nitro groups is 1. The topological polar surface area (TPSA) is 88.9 Å². The number of pyridine rings is 1. The lowest BCUT2D eigenvalue weighted by atomic mass is 10.0. The van der Waals surface area contributed by atoms with E-state index >= 15 is 0 Å². The van der Waals surface area contributed by atoms with Gasteiger partial charge in [0.15, 0.2) is 5.78 Å². The van der Waals surface area contributed by atoms with E-state index in [1.54, 1.807) is 24.4 Å². The summed E-state index contributed by atoms with van der Waals surface area (Å²) in [5.41, 5.74) is 0.998. The predicted octanol–water partition coefficient (Wildman–Crippen LogP) is 5.92. The van der Waals surface area contributed by atoms with Gasteiger partial charge in [-0.3, -0.25) is 14.9 Å². The number of fused-ring (bicyclic) bond motifs is 1. The number of aromatic amines is 1. The molecule has 0 amide bonds. The van der Waals surface area contributed by atoms with Crippen molar-refractivity contribution in [3.05, 3.63) is 91.4 Å². The lowest BCUT2D eigenvalue weighted by Gasteiger charge is -2.06. The third-order valence-corrected chi connectivity index (χ3v) is 5.36. The fourth-order valence-corrected chi connectivity index (χ4v) is 3.63. The van der Waals surface area contributed by atoms with E-state index < -0.39 is 27.8 Å². The molecule has 0 aliphatic rings. The number of nitrogens with zero attached hydrogens (tertiary/aromatic N) is 2. The lowest BCUT2D eigenvalue weighted by molar-refractivity contribution is -0.387. The third kappa shape index (κ3) is 3.41. The number of carbonyl (C=O) groups excluding carboxylic acids is 1. The zero-order valence-electron chi connectivity index (χ0n) is 14.4. The molecule has 0 fully saturated rings. The molecule has 29 heavy (non-hydrogen) atoms. The summed E-state index contributed by atoms with van der Waals surface area (Å²) in [6, 6.07) is 11.1. The summed E-state index contributed by atoms with van der Waals surface area (Å²) in [7, 11) is 0. The summed E-state index contributed by atoms with van der Waals surface area (Å²) in [6.45, 7) is 0. The molecule has 0 aliphatic heterocycles. The van der Waals surface area contributed by atoms with Crippen molar-refractivity contribution in [2.24, 2.45) is 0 Å². The van der Waals surface area contributed by atoms with Gasteiger partial charge in [0, 0.05) is 44.5 Å². The number of hydrogen-bond donors (Lipinski definition) is 1. The minimum atomic E-state index is -1.19. The normalized spacial score (nSPS) is 11.0. The summed E-state index contributed by atoms with van der Waals surface area (Å²) in [6.07, 6.45) is 3.05. The molecule has 2 heterocycles. The Labute approximate surface area is 176 Å². The van der Waals surface area contributed by atoms with E-state index in [2.05, 4.69) is 25.9 Å². The Bertz CT molecular complexity index is 1290. The van der Waals surface area contributed by atoms with E-state index in [0.717, 1.165) is 17.2 Å². The highest BCUT2D eigenvalue weighted by Gasteiger charge is 2.27. The Hall–Kier alpha value is -3.10. The molecule has 0 unspecified atom stereocenters. The molecule has 0 saturated carbocycles. The number of aromatic nitrogens is 2. The molecule has 0 aliphatic carbocycles. The zero-order valence-corrected chi connectivity index (χ0v) is 16.8. The zero-order chi connectivity index (χ0) is 20.7. The first-order valence-corrected chi connectivity index (χ1v) is 9.44. The van der Waals surface area contributed by atoms with E-state index in [1.165, 1.54) is 12.3 Å². The number of benzene rings is 2. The molecule has 4 aromatic rings. The average Bonchev–Trinajstić information content (AvgIpc) is 3.11. The number of carbonyl (C=O) groups is 1. The molecule has 0 spiro atoms. The van der Waals surface area contributed by atoms with Crippen LogP contribution in [0.5, 0.6) is 0 Å². The van der Waals surface area contributed by atoms with Crippen molar-refractivity contribution >= 4 is 50.0 Å². The first-order valence-electron chi connectivity index (χ1n) is 8.27. The lowest BCUT2D eigenvalue weighted by Crippen LogP contribution is -2.07. The fraction of sp³-hybridized carbons (Fsp3) is 0. The largest absolute Gasteiger partial charge is 0.345 e. The molecule has 1 N–H and O–H groups in total. The van der Waals surface area contributed by atoms with Gasteiger partial charge in [-0.2, -0.15) is 4.39 Å². The van der Waals surface area contributed by atoms with Gasteiger partial charge in [-0.05, 0) is 45.8 Å². The molecule has 0 radical (unpaired) electrons. The number of nitro benzene ring substituents is 1. The van der Waals surface area contributed by atoms with Gasteiger partial charge in [0.05, 0.1) is 10.5 Å². The second-order valence-corrected chi connectivity index (χ2v) is 7.46. The van der Waals surface area contributed by atoms with E-state index in [-0.39, 0.29) is 10.0 Å². The minimum absolute atomic E-state index is 0.127. The highest BCUT2D eigenvalue weighted by molar-refractivity contribution is 9.10. The number of ketones is 1. The van der Waals surface area contributed by atoms with Gasteiger partial charge < -0.3 is 4.98 Å². The maximum Gasteiger partial charge on any atom is 0.305 e. The van der Waals surface area contributed by atoms with E-state index in [0.29, 0.717) is 16.1 Å². The van der Waals surface area contributed by atoms with Crippen LogP contribution in [0.15, 0.2) is 59.3 Å². The van der Waals surface area contributed by atoms with Crippen LogP contribution in [0.4, 0.5) is 10.1 Å². The minimum Gasteiger partial charge on any atom is -0.345 e. The van der Waals surface area contributed by atoms with Crippen molar-refractivity contribution < 1.29 is 14.1 Å². The molecule has 0 saturated heterocycles. The second kappa shape index (κ2) is 7.38. The van der Waals surface area contributed by atoms with Crippen LogP contribution >= 0.6 is 27.5 Å². The molecule has 144 valence electrons. The quantitative estimate of drug-likeness (QED) is 0.226. The molecular weight excluding hydrogens is 465 g/mol. The summed E-state index contributed by atoms with van der Waals surface area (Å²) in [5.74, 6) is -1.88. The monoisotopic (exact) mass is 473 g/mol. The summed E-state index contributed by atoms with van der Waals surface area (Å²) in [4.78, 5) is 30.4. The van der Waals surface area contributed by atoms with Crippen molar-refractivity contribution in [3.63, 3.8) is 0 Å². The Balaban J connectivity index is 1.86. The maximum absolute atomic E-state index is 14.7. The highest BCUT2D eigenvalue weighted by Crippen LogP contribution is 2.32. The maximum atomic E-state index is 14.7. The van der Waals surface area contributed by atoms with Crippen LogP contribution in [0.1, 0.15) is 15.9 Å². The molecule has 2 aromatic heterocycles. The van der Waals surface area contributed by atoms with Gasteiger partial charge in [-0.15, -0.1) is 0 Å². The molecule has 4 rings (SSSR count). The van der Waals surface area contributed by atoms with Crippen molar-refractivity contribution in [2.75, 3.05) is 0 Å². The Kier molecular flexibility index (Phi) is 4.89. The van der Waals surface area contributed by atoms with Crippen LogP contribution in [0.3, 0.4) is 0 Å². The molecule has 0 bridgehead atoms. The highest BCUT2D eigenvalue weighted by atomic mass is 79.9. The van der Waals surface area contributed by atoms with Gasteiger partial charge in [-0.1, -0.05) is 23.7 Å². The number of H-pyrrole nitrogens is 1. The number of rotatable bonds is 4. The molecule has 6 nitrogen and oxygen atoms in total. The van der Waals surface area contributed by atoms with E-state index in [1.807, 2.05) is 12.1 Å². The average molecular weight is 475 g/mol. The number of hydrogen-bond acceptors (Lipinski definition) is 4. The standard InChI is InChI=1S/C20H10BrClFN3O3/c21-15-5-6-16(26(28)29)18(23)17(15)19(27)14-9-25-20-13(14)7-11(8-24-20)10-1-3-12(22)4-2-10/h1-9H,(H,24,25). The van der Waals surface area contributed by atoms with E-state index in [9.17, 15) is 19.3 Å². The first-order chi connectivity index (χ1) is 13.9. The van der Waals surface area contributed by atoms with Crippen LogP contribution < -0.4 is 0 Å². The second-order valence-electron chi connectivity index (χ2n) is 6.17. The van der Waals surface area contributed by atoms with Crippen LogP contribution in [0, 0.1) is 15.9 Å². The van der Waals surface area contributed by atoms with Gasteiger partial charge in [0.1, 0.15) is 5.65 Å². The van der Waals surface area contributed by atoms with Crippen molar-refractivity contribution in [1.82, 2.24) is 9.97 Å². The Morgan fingerprint density at radius 1 is 1.17 bits per heavy atom. The van der Waals surface area contributed by atoms with Crippen molar-refractivity contribution in [3.8, 4) is 11.1 Å². The van der Waals surface area contributed by atoms with Crippen molar-refractivity contribution in [1.29, 1.82) is 0 Å². The van der Waals surface area contributed by atoms with Crippen molar-refractivity contribution in [2.45, 2.75) is 0 Å². The van der Waals surface area contributed by atoms with Crippen LogP contribution in [0.2, 0.25) is 5.02 Å². The third-order valence-electron chi connectivity index (χ3n) is 4.45. The first kappa shape index (κ1) is 19.2. The van der Waals surface area contributed by atoms with Gasteiger partial charge in [0.25, 0.3) is 0 Å². The summed E-state index contributed by atoms with van der Waals surface area (Å²) < 4.78 is 14.8. The molecule has 2 aromatic carbocycles. The number of halogens is 3. The molecule has 0 atom stereocenters. The Morgan fingerprint density at radius 3 is 2.59 bits per heavy atom. The molecule has 9 heteroatoms. The Morgan fingerprint density at radius 2 is 1.90 bits per heavy atom. The summed E-state index contributed by atoms with van der Waals surface area (Å²) >= 11 is 9.04. The van der Waals surface area contributed by atoms with Crippen LogP contribution in [-0.4, -0.2) is 20.7 Å². The number of nitrogens with one attached hydrogen (secondary N) is 1. The van der Waals surface area contributed by atoms with Crippen LogP contribution in [-0.2, 0) is 0 Å².